The number of furan rings is 1. The largest absolute Gasteiger partial charge is 0.464 e. The first-order valence-corrected chi connectivity index (χ1v) is 7.57. The van der Waals surface area contributed by atoms with Gasteiger partial charge in [-0.25, -0.2) is 4.98 Å². The van der Waals surface area contributed by atoms with Gasteiger partial charge in [0.1, 0.15) is 17.2 Å². The standard InChI is InChI=1S/C16H21N3O2/c1-3-12-4-5-15(21-12)14-8-11(2)6-7-19(14)16(20)13-9-17-10-18-13/h4-5,9-11,14H,3,6-8H2,1-2H3,(H,17,18)/t11-,14-/m0/s1. The zero-order valence-electron chi connectivity index (χ0n) is 12.5. The molecule has 112 valence electrons. The first-order valence-electron chi connectivity index (χ1n) is 7.57. The van der Waals surface area contributed by atoms with Crippen LogP contribution >= 0.6 is 0 Å². The first kappa shape index (κ1) is 13.9. The van der Waals surface area contributed by atoms with E-state index in [2.05, 4.69) is 23.8 Å². The molecule has 0 aliphatic carbocycles. The number of amides is 1. The highest BCUT2D eigenvalue weighted by Gasteiger charge is 2.33. The van der Waals surface area contributed by atoms with Crippen LogP contribution in [0.4, 0.5) is 0 Å². The van der Waals surface area contributed by atoms with Crippen LogP contribution in [0, 0.1) is 5.92 Å². The minimum absolute atomic E-state index is 0.00107. The van der Waals surface area contributed by atoms with E-state index >= 15 is 0 Å². The molecule has 1 amide bonds. The molecule has 2 aromatic rings. The average molecular weight is 287 g/mol. The number of aromatic nitrogens is 2. The summed E-state index contributed by atoms with van der Waals surface area (Å²) in [6, 6.07) is 4.03. The van der Waals surface area contributed by atoms with Crippen LogP contribution in [0.15, 0.2) is 29.1 Å². The van der Waals surface area contributed by atoms with Gasteiger partial charge in [0, 0.05) is 13.0 Å². The number of H-pyrrole nitrogens is 1. The number of nitrogens with one attached hydrogen (secondary N) is 1. The zero-order valence-corrected chi connectivity index (χ0v) is 12.5. The highest BCUT2D eigenvalue weighted by atomic mass is 16.3. The molecule has 0 spiro atoms. The van der Waals surface area contributed by atoms with Crippen molar-refractivity contribution in [1.29, 1.82) is 0 Å². The van der Waals surface area contributed by atoms with Crippen molar-refractivity contribution in [3.8, 4) is 0 Å². The lowest BCUT2D eigenvalue weighted by Gasteiger charge is -2.37. The fourth-order valence-electron chi connectivity index (χ4n) is 2.95. The van der Waals surface area contributed by atoms with Gasteiger partial charge < -0.3 is 14.3 Å². The van der Waals surface area contributed by atoms with Crippen molar-refractivity contribution < 1.29 is 9.21 Å². The molecule has 5 nitrogen and oxygen atoms in total. The Bertz CT molecular complexity index is 603. The summed E-state index contributed by atoms with van der Waals surface area (Å²) in [5.74, 6) is 2.46. The van der Waals surface area contributed by atoms with E-state index in [-0.39, 0.29) is 11.9 Å². The molecule has 1 fully saturated rings. The molecule has 0 aromatic carbocycles. The van der Waals surface area contributed by atoms with Crippen LogP contribution in [-0.2, 0) is 6.42 Å². The zero-order chi connectivity index (χ0) is 14.8. The van der Waals surface area contributed by atoms with Crippen molar-refractivity contribution in [3.05, 3.63) is 41.9 Å². The molecular weight excluding hydrogens is 266 g/mol. The summed E-state index contributed by atoms with van der Waals surface area (Å²) >= 11 is 0. The van der Waals surface area contributed by atoms with Gasteiger partial charge in [-0.3, -0.25) is 4.79 Å². The predicted molar refractivity (Wildman–Crippen MR) is 78.8 cm³/mol. The van der Waals surface area contributed by atoms with Gasteiger partial charge in [0.15, 0.2) is 0 Å². The smallest absolute Gasteiger partial charge is 0.272 e. The predicted octanol–water partition coefficient (Wildman–Crippen LogP) is 3.18. The van der Waals surface area contributed by atoms with Crippen LogP contribution in [0.5, 0.6) is 0 Å². The van der Waals surface area contributed by atoms with Gasteiger partial charge in [-0.15, -0.1) is 0 Å². The lowest BCUT2D eigenvalue weighted by Crippen LogP contribution is -2.40. The van der Waals surface area contributed by atoms with Gasteiger partial charge in [0.25, 0.3) is 5.91 Å². The van der Waals surface area contributed by atoms with Crippen molar-refractivity contribution in [2.24, 2.45) is 5.92 Å². The van der Waals surface area contributed by atoms with Crippen LogP contribution < -0.4 is 0 Å². The normalized spacial score (nSPS) is 22.5. The third-order valence-electron chi connectivity index (χ3n) is 4.21. The molecule has 1 saturated heterocycles. The molecule has 2 atom stereocenters. The number of nitrogens with zero attached hydrogens (tertiary/aromatic N) is 2. The number of aryl methyl sites for hydroxylation is 1. The summed E-state index contributed by atoms with van der Waals surface area (Å²) in [5, 5.41) is 0. The van der Waals surface area contributed by atoms with Crippen LogP contribution in [0.25, 0.3) is 0 Å². The lowest BCUT2D eigenvalue weighted by atomic mass is 9.91. The molecule has 0 unspecified atom stereocenters. The molecule has 5 heteroatoms. The SMILES string of the molecule is CCc1ccc([C@@H]2C[C@@H](C)CCN2C(=O)c2cnc[nH]2)o1. The highest BCUT2D eigenvalue weighted by Crippen LogP contribution is 2.35. The minimum atomic E-state index is -0.00107. The lowest BCUT2D eigenvalue weighted by molar-refractivity contribution is 0.0513. The summed E-state index contributed by atoms with van der Waals surface area (Å²) < 4.78 is 5.90. The minimum Gasteiger partial charge on any atom is -0.464 e. The van der Waals surface area contributed by atoms with Gasteiger partial charge >= 0.3 is 0 Å². The summed E-state index contributed by atoms with van der Waals surface area (Å²) in [5.41, 5.74) is 0.539. The van der Waals surface area contributed by atoms with Gasteiger partial charge in [-0.05, 0) is 30.9 Å². The van der Waals surface area contributed by atoms with Crippen molar-refractivity contribution in [2.75, 3.05) is 6.54 Å². The van der Waals surface area contributed by atoms with Crippen LogP contribution in [0.1, 0.15) is 54.7 Å². The number of hydrogen-bond acceptors (Lipinski definition) is 3. The number of carbonyl (C=O) groups is 1. The molecule has 1 aliphatic heterocycles. The summed E-state index contributed by atoms with van der Waals surface area (Å²) in [7, 11) is 0. The van der Waals surface area contributed by atoms with Gasteiger partial charge in [-0.2, -0.15) is 0 Å². The molecule has 3 heterocycles. The van der Waals surface area contributed by atoms with E-state index in [1.54, 1.807) is 6.20 Å². The molecule has 2 aromatic heterocycles. The molecule has 1 N–H and O–H groups in total. The number of likely N-dealkylation sites (tertiary alicyclic amines) is 1. The van der Waals surface area contributed by atoms with Crippen LogP contribution in [0.3, 0.4) is 0 Å². The average Bonchev–Trinajstić information content (AvgIpc) is 3.18. The van der Waals surface area contributed by atoms with Crippen molar-refractivity contribution >= 4 is 5.91 Å². The maximum Gasteiger partial charge on any atom is 0.272 e. The second kappa shape index (κ2) is 5.76. The Kier molecular flexibility index (Phi) is 3.82. The van der Waals surface area contributed by atoms with E-state index in [1.807, 2.05) is 17.0 Å². The van der Waals surface area contributed by atoms with E-state index in [1.165, 1.54) is 6.33 Å². The van der Waals surface area contributed by atoms with E-state index in [9.17, 15) is 4.79 Å². The quantitative estimate of drug-likeness (QED) is 0.943. The van der Waals surface area contributed by atoms with E-state index in [0.717, 1.165) is 37.3 Å². The third-order valence-corrected chi connectivity index (χ3v) is 4.21. The van der Waals surface area contributed by atoms with Crippen LogP contribution in [0.2, 0.25) is 0 Å². The number of carbonyl (C=O) groups excluding carboxylic acids is 1. The van der Waals surface area contributed by atoms with Gasteiger partial charge in [-0.1, -0.05) is 13.8 Å². The first-order chi connectivity index (χ1) is 10.2. The molecule has 0 radical (unpaired) electrons. The Hall–Kier alpha value is -2.04. The molecular formula is C16H21N3O2. The van der Waals surface area contributed by atoms with Gasteiger partial charge in [0.05, 0.1) is 18.6 Å². The number of piperidine rings is 1. The Balaban J connectivity index is 1.87. The monoisotopic (exact) mass is 287 g/mol. The maximum atomic E-state index is 12.6. The van der Waals surface area contributed by atoms with Crippen LogP contribution in [-0.4, -0.2) is 27.3 Å². The number of rotatable bonds is 3. The second-order valence-corrected chi connectivity index (χ2v) is 5.77. The highest BCUT2D eigenvalue weighted by molar-refractivity contribution is 5.92. The summed E-state index contributed by atoms with van der Waals surface area (Å²) in [6.45, 7) is 5.06. The van der Waals surface area contributed by atoms with Crippen molar-refractivity contribution in [1.82, 2.24) is 14.9 Å². The Morgan fingerprint density at radius 3 is 3.05 bits per heavy atom. The van der Waals surface area contributed by atoms with Gasteiger partial charge in [0.2, 0.25) is 0 Å². The molecule has 3 rings (SSSR count). The van der Waals surface area contributed by atoms with Crippen molar-refractivity contribution in [3.63, 3.8) is 0 Å². The fraction of sp³-hybridized carbons (Fsp3) is 0.500. The number of imidazole rings is 1. The molecule has 1 aliphatic rings. The molecule has 0 bridgehead atoms. The summed E-state index contributed by atoms with van der Waals surface area (Å²) in [4.78, 5) is 21.4. The van der Waals surface area contributed by atoms with E-state index in [4.69, 9.17) is 4.42 Å². The maximum absolute atomic E-state index is 12.6. The topological polar surface area (TPSA) is 62.1 Å². The second-order valence-electron chi connectivity index (χ2n) is 5.77. The Labute approximate surface area is 124 Å². The Morgan fingerprint density at radius 1 is 1.52 bits per heavy atom. The molecule has 21 heavy (non-hydrogen) atoms. The third kappa shape index (κ3) is 2.73. The molecule has 0 saturated carbocycles. The van der Waals surface area contributed by atoms with E-state index in [0.29, 0.717) is 11.6 Å². The number of hydrogen-bond donors (Lipinski definition) is 1. The fourth-order valence-corrected chi connectivity index (χ4v) is 2.95. The Morgan fingerprint density at radius 2 is 2.38 bits per heavy atom. The van der Waals surface area contributed by atoms with Crippen molar-refractivity contribution in [2.45, 2.75) is 39.2 Å². The van der Waals surface area contributed by atoms with E-state index < -0.39 is 0 Å². The summed E-state index contributed by atoms with van der Waals surface area (Å²) in [6.07, 6.45) is 5.96. The number of aromatic amines is 1.